The zero-order valence-corrected chi connectivity index (χ0v) is 14.5. The number of rotatable bonds is 4. The third-order valence-electron chi connectivity index (χ3n) is 4.33. The molecule has 0 fully saturated rings. The zero-order valence-electron chi connectivity index (χ0n) is 14.5. The fourth-order valence-electron chi connectivity index (χ4n) is 2.99. The van der Waals surface area contributed by atoms with Gasteiger partial charge in [0.2, 0.25) is 0 Å². The van der Waals surface area contributed by atoms with E-state index in [0.717, 1.165) is 11.1 Å². The predicted octanol–water partition coefficient (Wildman–Crippen LogP) is 3.86. The maximum atomic E-state index is 12.7. The van der Waals surface area contributed by atoms with Crippen molar-refractivity contribution in [3.8, 4) is 0 Å². The standard InChI is InChI=1S/C21H22N4O/c1-2-5-15(10-11-22)16-8-9-19(23)20(12-16)24-21(26)25-13-17-6-3-4-7-18(17)14-25/h2-12H,1,13-14,22-23H2,(H,24,26)/b11-10-,15-5+. The van der Waals surface area contributed by atoms with E-state index in [2.05, 4.69) is 11.9 Å². The molecule has 2 amide bonds. The molecule has 2 aromatic rings. The summed E-state index contributed by atoms with van der Waals surface area (Å²) in [7, 11) is 0. The number of nitrogen functional groups attached to an aromatic ring is 1. The molecule has 2 aromatic carbocycles. The van der Waals surface area contributed by atoms with Crippen molar-refractivity contribution in [2.45, 2.75) is 13.1 Å². The Morgan fingerprint density at radius 2 is 1.85 bits per heavy atom. The van der Waals surface area contributed by atoms with E-state index < -0.39 is 0 Å². The Kier molecular flexibility index (Phi) is 5.08. The summed E-state index contributed by atoms with van der Waals surface area (Å²) in [4.78, 5) is 14.4. The van der Waals surface area contributed by atoms with Crippen molar-refractivity contribution < 1.29 is 4.79 Å². The quantitative estimate of drug-likeness (QED) is 0.580. The number of nitrogens with one attached hydrogen (secondary N) is 1. The topological polar surface area (TPSA) is 84.4 Å². The molecule has 0 aromatic heterocycles. The minimum atomic E-state index is -0.173. The molecule has 0 radical (unpaired) electrons. The van der Waals surface area contributed by atoms with Gasteiger partial charge in [-0.3, -0.25) is 0 Å². The van der Waals surface area contributed by atoms with Gasteiger partial charge in [-0.25, -0.2) is 4.79 Å². The largest absolute Gasteiger partial charge is 0.405 e. The molecule has 5 heteroatoms. The molecule has 0 saturated carbocycles. The second-order valence-electron chi connectivity index (χ2n) is 6.07. The lowest BCUT2D eigenvalue weighted by Gasteiger charge is -2.18. The number of amides is 2. The first kappa shape index (κ1) is 17.4. The number of benzene rings is 2. The Hall–Kier alpha value is -3.47. The van der Waals surface area contributed by atoms with E-state index in [-0.39, 0.29) is 6.03 Å². The number of allylic oxidation sites excluding steroid dienone is 4. The molecule has 3 rings (SSSR count). The number of anilines is 2. The van der Waals surface area contributed by atoms with Crippen LogP contribution in [0.3, 0.4) is 0 Å². The Morgan fingerprint density at radius 1 is 1.15 bits per heavy atom. The lowest BCUT2D eigenvalue weighted by atomic mass is 10.0. The van der Waals surface area contributed by atoms with Crippen LogP contribution in [0.5, 0.6) is 0 Å². The molecule has 5 nitrogen and oxygen atoms in total. The van der Waals surface area contributed by atoms with Crippen molar-refractivity contribution in [1.29, 1.82) is 0 Å². The van der Waals surface area contributed by atoms with E-state index in [0.29, 0.717) is 24.5 Å². The van der Waals surface area contributed by atoms with Gasteiger partial charge in [0.15, 0.2) is 0 Å². The van der Waals surface area contributed by atoms with Gasteiger partial charge in [-0.05, 0) is 46.7 Å². The van der Waals surface area contributed by atoms with Crippen LogP contribution in [0.4, 0.5) is 16.2 Å². The van der Waals surface area contributed by atoms with Crippen LogP contribution in [0, 0.1) is 0 Å². The first-order valence-corrected chi connectivity index (χ1v) is 8.36. The fourth-order valence-corrected chi connectivity index (χ4v) is 2.99. The Labute approximate surface area is 153 Å². The van der Waals surface area contributed by atoms with Crippen LogP contribution < -0.4 is 16.8 Å². The van der Waals surface area contributed by atoms with Crippen molar-refractivity contribution in [2.75, 3.05) is 11.1 Å². The number of fused-ring (bicyclic) bond motifs is 1. The number of nitrogens with two attached hydrogens (primary N) is 2. The van der Waals surface area contributed by atoms with Crippen LogP contribution in [0.15, 0.2) is 73.5 Å². The monoisotopic (exact) mass is 346 g/mol. The first-order valence-electron chi connectivity index (χ1n) is 8.36. The molecule has 1 aliphatic rings. The SMILES string of the molecule is C=C/C=C(\C=C/N)c1ccc(N)c(NC(=O)N2Cc3ccccc3C2)c1. The van der Waals surface area contributed by atoms with E-state index in [9.17, 15) is 4.79 Å². The average Bonchev–Trinajstić information content (AvgIpc) is 3.08. The van der Waals surface area contributed by atoms with E-state index >= 15 is 0 Å². The number of carbonyl (C=O) groups is 1. The van der Waals surface area contributed by atoms with Gasteiger partial charge in [-0.15, -0.1) is 0 Å². The summed E-state index contributed by atoms with van der Waals surface area (Å²) in [5.74, 6) is 0. The predicted molar refractivity (Wildman–Crippen MR) is 107 cm³/mol. The highest BCUT2D eigenvalue weighted by atomic mass is 16.2. The summed E-state index contributed by atoms with van der Waals surface area (Å²) in [6.07, 6.45) is 6.77. The van der Waals surface area contributed by atoms with Crippen molar-refractivity contribution in [1.82, 2.24) is 4.90 Å². The number of urea groups is 1. The summed E-state index contributed by atoms with van der Waals surface area (Å²) >= 11 is 0. The maximum Gasteiger partial charge on any atom is 0.322 e. The zero-order chi connectivity index (χ0) is 18.5. The molecule has 0 unspecified atom stereocenters. The molecular weight excluding hydrogens is 324 g/mol. The van der Waals surface area contributed by atoms with Crippen molar-refractivity contribution in [2.24, 2.45) is 5.73 Å². The summed E-state index contributed by atoms with van der Waals surface area (Å²) in [6, 6.07) is 13.4. The van der Waals surface area contributed by atoms with Crippen molar-refractivity contribution >= 4 is 23.0 Å². The summed E-state index contributed by atoms with van der Waals surface area (Å²) in [5.41, 5.74) is 16.8. The van der Waals surface area contributed by atoms with Crippen LogP contribution in [0.1, 0.15) is 16.7 Å². The third-order valence-corrected chi connectivity index (χ3v) is 4.33. The van der Waals surface area contributed by atoms with Gasteiger partial charge in [0.1, 0.15) is 0 Å². The Balaban J connectivity index is 1.80. The molecule has 26 heavy (non-hydrogen) atoms. The fraction of sp³-hybridized carbons (Fsp3) is 0.0952. The summed E-state index contributed by atoms with van der Waals surface area (Å²) < 4.78 is 0. The van der Waals surface area contributed by atoms with Gasteiger partial charge in [-0.1, -0.05) is 49.1 Å². The molecule has 1 aliphatic heterocycles. The van der Waals surface area contributed by atoms with Gasteiger partial charge < -0.3 is 21.7 Å². The average molecular weight is 346 g/mol. The van der Waals surface area contributed by atoms with E-state index in [1.165, 1.54) is 17.3 Å². The molecular formula is C21H22N4O. The van der Waals surface area contributed by atoms with Gasteiger partial charge in [-0.2, -0.15) is 0 Å². The van der Waals surface area contributed by atoms with Crippen LogP contribution in [0.25, 0.3) is 5.57 Å². The van der Waals surface area contributed by atoms with Crippen LogP contribution in [-0.4, -0.2) is 10.9 Å². The van der Waals surface area contributed by atoms with Crippen LogP contribution in [-0.2, 0) is 13.1 Å². The smallest absolute Gasteiger partial charge is 0.322 e. The maximum absolute atomic E-state index is 12.7. The molecule has 0 saturated heterocycles. The van der Waals surface area contributed by atoms with Crippen LogP contribution >= 0.6 is 0 Å². The van der Waals surface area contributed by atoms with Gasteiger partial charge in [0.05, 0.1) is 11.4 Å². The summed E-state index contributed by atoms with van der Waals surface area (Å²) in [5, 5.41) is 2.92. The number of hydrogen-bond acceptors (Lipinski definition) is 3. The molecule has 0 aliphatic carbocycles. The minimum absolute atomic E-state index is 0.173. The normalized spacial score (nSPS) is 13.7. The first-order chi connectivity index (χ1) is 12.6. The minimum Gasteiger partial charge on any atom is -0.405 e. The van der Waals surface area contributed by atoms with Crippen molar-refractivity contribution in [3.05, 3.63) is 90.2 Å². The van der Waals surface area contributed by atoms with Gasteiger partial charge in [0, 0.05) is 13.1 Å². The van der Waals surface area contributed by atoms with Crippen LogP contribution in [0.2, 0.25) is 0 Å². The van der Waals surface area contributed by atoms with Crippen molar-refractivity contribution in [3.63, 3.8) is 0 Å². The highest BCUT2D eigenvalue weighted by Gasteiger charge is 2.23. The Bertz CT molecular complexity index is 874. The highest BCUT2D eigenvalue weighted by Crippen LogP contribution is 2.27. The molecule has 0 spiro atoms. The van der Waals surface area contributed by atoms with E-state index in [1.807, 2.05) is 42.5 Å². The lowest BCUT2D eigenvalue weighted by molar-refractivity contribution is 0.212. The molecule has 0 bridgehead atoms. The van der Waals surface area contributed by atoms with E-state index in [1.54, 1.807) is 23.1 Å². The highest BCUT2D eigenvalue weighted by molar-refractivity contribution is 5.94. The second-order valence-corrected chi connectivity index (χ2v) is 6.07. The Morgan fingerprint density at radius 3 is 2.46 bits per heavy atom. The third kappa shape index (κ3) is 3.62. The van der Waals surface area contributed by atoms with Gasteiger partial charge in [0.25, 0.3) is 0 Å². The second kappa shape index (κ2) is 7.61. The number of nitrogens with zero attached hydrogens (tertiary/aromatic N) is 1. The molecule has 132 valence electrons. The number of hydrogen-bond donors (Lipinski definition) is 3. The number of carbonyl (C=O) groups excluding carboxylic acids is 1. The molecule has 1 heterocycles. The molecule has 0 atom stereocenters. The van der Waals surface area contributed by atoms with E-state index in [4.69, 9.17) is 11.5 Å². The molecule has 5 N–H and O–H groups in total. The summed E-state index contributed by atoms with van der Waals surface area (Å²) in [6.45, 7) is 4.91. The lowest BCUT2D eigenvalue weighted by Crippen LogP contribution is -2.30. The van der Waals surface area contributed by atoms with Gasteiger partial charge >= 0.3 is 6.03 Å².